The third kappa shape index (κ3) is 2.22. The maximum Gasteiger partial charge on any atom is 0.234 e. The summed E-state index contributed by atoms with van der Waals surface area (Å²) >= 11 is 0. The molecule has 1 aromatic rings. The Labute approximate surface area is 111 Å². The number of nitrogens with one attached hydrogen (secondary N) is 1. The smallest absolute Gasteiger partial charge is 0.234 e. The summed E-state index contributed by atoms with van der Waals surface area (Å²) in [6.45, 7) is 5.79. The van der Waals surface area contributed by atoms with Crippen LogP contribution >= 0.6 is 0 Å². The van der Waals surface area contributed by atoms with Crippen molar-refractivity contribution < 1.29 is 14.7 Å². The highest BCUT2D eigenvalue weighted by atomic mass is 16.3. The highest BCUT2D eigenvalue weighted by Crippen LogP contribution is 2.29. The Balaban J connectivity index is 2.50. The van der Waals surface area contributed by atoms with E-state index in [1.54, 1.807) is 37.3 Å². The zero-order valence-electron chi connectivity index (χ0n) is 10.6. The molecule has 0 aromatic heterocycles. The van der Waals surface area contributed by atoms with Crippen molar-refractivity contribution in [1.29, 1.82) is 0 Å². The summed E-state index contributed by atoms with van der Waals surface area (Å²) in [5, 5.41) is 13.2. The Bertz CT molecular complexity index is 587. The molecule has 0 spiro atoms. The van der Waals surface area contributed by atoms with Crippen molar-refractivity contribution in [3.8, 4) is 0 Å². The van der Waals surface area contributed by atoms with Crippen molar-refractivity contribution in [3.05, 3.63) is 53.6 Å². The van der Waals surface area contributed by atoms with E-state index in [-0.39, 0.29) is 16.9 Å². The van der Waals surface area contributed by atoms with Gasteiger partial charge >= 0.3 is 0 Å². The van der Waals surface area contributed by atoms with Gasteiger partial charge in [0.1, 0.15) is 5.76 Å². The number of carbonyl (C=O) groups excluding carboxylic acids is 2. The minimum atomic E-state index is -0.653. The standard InChI is InChI=1S/C15H15NO3/c1-3-8-16-9(2)12-13(17)10-6-4-5-7-11(10)14(18)15(12)19/h3-7,9,16-17H,1,8H2,2H3. The normalized spacial score (nSPS) is 16.3. The van der Waals surface area contributed by atoms with E-state index in [1.165, 1.54) is 0 Å². The Morgan fingerprint density at radius 2 is 1.89 bits per heavy atom. The fraction of sp³-hybridized carbons (Fsp3) is 0.200. The number of carbonyl (C=O) groups is 2. The van der Waals surface area contributed by atoms with Gasteiger partial charge in [0.25, 0.3) is 0 Å². The van der Waals surface area contributed by atoms with Gasteiger partial charge in [-0.2, -0.15) is 0 Å². The molecule has 19 heavy (non-hydrogen) atoms. The molecule has 2 N–H and O–H groups in total. The zero-order valence-corrected chi connectivity index (χ0v) is 10.6. The van der Waals surface area contributed by atoms with E-state index in [1.807, 2.05) is 0 Å². The highest BCUT2D eigenvalue weighted by Gasteiger charge is 2.34. The van der Waals surface area contributed by atoms with Crippen LogP contribution < -0.4 is 5.32 Å². The number of ketones is 2. The van der Waals surface area contributed by atoms with Crippen molar-refractivity contribution in [3.63, 3.8) is 0 Å². The molecule has 1 aliphatic rings. The monoisotopic (exact) mass is 257 g/mol. The van der Waals surface area contributed by atoms with Crippen molar-refractivity contribution in [2.24, 2.45) is 0 Å². The number of fused-ring (bicyclic) bond motifs is 1. The van der Waals surface area contributed by atoms with E-state index in [4.69, 9.17) is 0 Å². The summed E-state index contributed by atoms with van der Waals surface area (Å²) in [6.07, 6.45) is 1.65. The van der Waals surface area contributed by atoms with Crippen LogP contribution in [0.25, 0.3) is 5.76 Å². The predicted molar refractivity (Wildman–Crippen MR) is 73.0 cm³/mol. The second-order valence-corrected chi connectivity index (χ2v) is 4.38. The fourth-order valence-electron chi connectivity index (χ4n) is 2.15. The van der Waals surface area contributed by atoms with E-state index >= 15 is 0 Å². The number of hydrogen-bond acceptors (Lipinski definition) is 4. The first kappa shape index (κ1) is 13.2. The van der Waals surface area contributed by atoms with Crippen molar-refractivity contribution in [2.75, 3.05) is 6.54 Å². The molecule has 0 fully saturated rings. The van der Waals surface area contributed by atoms with Crippen LogP contribution in [0.3, 0.4) is 0 Å². The fourth-order valence-corrected chi connectivity index (χ4v) is 2.15. The average Bonchev–Trinajstić information content (AvgIpc) is 2.43. The lowest BCUT2D eigenvalue weighted by Crippen LogP contribution is -2.37. The molecular formula is C15H15NO3. The number of benzene rings is 1. The molecule has 0 radical (unpaired) electrons. The first-order valence-corrected chi connectivity index (χ1v) is 6.03. The molecule has 1 aliphatic carbocycles. The molecule has 2 rings (SSSR count). The second kappa shape index (κ2) is 5.20. The highest BCUT2D eigenvalue weighted by molar-refractivity contribution is 6.52. The van der Waals surface area contributed by atoms with Gasteiger partial charge in [0, 0.05) is 23.7 Å². The molecule has 0 heterocycles. The molecule has 0 saturated carbocycles. The van der Waals surface area contributed by atoms with Gasteiger partial charge in [-0.25, -0.2) is 0 Å². The molecule has 98 valence electrons. The Kier molecular flexibility index (Phi) is 3.62. The topological polar surface area (TPSA) is 66.4 Å². The third-order valence-electron chi connectivity index (χ3n) is 3.13. The molecular weight excluding hydrogens is 242 g/mol. The molecule has 4 nitrogen and oxygen atoms in total. The lowest BCUT2D eigenvalue weighted by Gasteiger charge is -2.22. The summed E-state index contributed by atoms with van der Waals surface area (Å²) in [6, 6.07) is 6.15. The minimum Gasteiger partial charge on any atom is -0.507 e. The number of Topliss-reactive ketones (excluding diaryl/α,β-unsaturated/α-hetero) is 2. The van der Waals surface area contributed by atoms with Crippen LogP contribution in [0.5, 0.6) is 0 Å². The predicted octanol–water partition coefficient (Wildman–Crippen LogP) is 1.89. The van der Waals surface area contributed by atoms with E-state index < -0.39 is 17.6 Å². The summed E-state index contributed by atoms with van der Waals surface area (Å²) in [4.78, 5) is 24.1. The first-order chi connectivity index (χ1) is 9.07. The SMILES string of the molecule is C=CCNC(C)C1=C(O)c2ccccc2C(=O)C1=O. The number of rotatable bonds is 4. The summed E-state index contributed by atoms with van der Waals surface area (Å²) in [5.74, 6) is -1.35. The summed E-state index contributed by atoms with van der Waals surface area (Å²) in [5.41, 5.74) is 0.782. The summed E-state index contributed by atoms with van der Waals surface area (Å²) in [7, 11) is 0. The molecule has 0 bridgehead atoms. The van der Waals surface area contributed by atoms with Crippen molar-refractivity contribution in [2.45, 2.75) is 13.0 Å². The van der Waals surface area contributed by atoms with Gasteiger partial charge in [0.2, 0.25) is 11.6 Å². The van der Waals surface area contributed by atoms with Crippen LogP contribution in [0, 0.1) is 0 Å². The Morgan fingerprint density at radius 1 is 1.26 bits per heavy atom. The lowest BCUT2D eigenvalue weighted by molar-refractivity contribution is -0.112. The van der Waals surface area contributed by atoms with Gasteiger partial charge in [0.15, 0.2) is 0 Å². The molecule has 1 aromatic carbocycles. The molecule has 1 atom stereocenters. The first-order valence-electron chi connectivity index (χ1n) is 6.03. The zero-order chi connectivity index (χ0) is 14.0. The van der Waals surface area contributed by atoms with Crippen LogP contribution in [0.1, 0.15) is 22.8 Å². The van der Waals surface area contributed by atoms with Crippen LogP contribution in [0.15, 0.2) is 42.5 Å². The second-order valence-electron chi connectivity index (χ2n) is 4.38. The van der Waals surface area contributed by atoms with Gasteiger partial charge in [-0.3, -0.25) is 9.59 Å². The van der Waals surface area contributed by atoms with Crippen LogP contribution in [0.4, 0.5) is 0 Å². The Hall–Kier alpha value is -2.20. The Morgan fingerprint density at radius 3 is 2.53 bits per heavy atom. The molecule has 1 unspecified atom stereocenters. The number of aliphatic hydroxyl groups excluding tert-OH is 1. The van der Waals surface area contributed by atoms with E-state index in [0.717, 1.165) is 0 Å². The number of aliphatic hydroxyl groups is 1. The largest absolute Gasteiger partial charge is 0.507 e. The maximum absolute atomic E-state index is 12.1. The van der Waals surface area contributed by atoms with Gasteiger partial charge in [-0.1, -0.05) is 30.3 Å². The number of hydrogen-bond donors (Lipinski definition) is 2. The van der Waals surface area contributed by atoms with Crippen LogP contribution in [-0.2, 0) is 4.79 Å². The lowest BCUT2D eigenvalue weighted by atomic mass is 9.85. The van der Waals surface area contributed by atoms with Crippen LogP contribution in [0.2, 0.25) is 0 Å². The quantitative estimate of drug-likeness (QED) is 0.638. The molecule has 0 aliphatic heterocycles. The van der Waals surface area contributed by atoms with E-state index in [9.17, 15) is 14.7 Å². The van der Waals surface area contributed by atoms with E-state index in [2.05, 4.69) is 11.9 Å². The summed E-state index contributed by atoms with van der Waals surface area (Å²) < 4.78 is 0. The molecule has 4 heteroatoms. The van der Waals surface area contributed by atoms with Gasteiger partial charge in [-0.05, 0) is 6.92 Å². The maximum atomic E-state index is 12.1. The van der Waals surface area contributed by atoms with Crippen molar-refractivity contribution in [1.82, 2.24) is 5.32 Å². The third-order valence-corrected chi connectivity index (χ3v) is 3.13. The van der Waals surface area contributed by atoms with Crippen LogP contribution in [-0.4, -0.2) is 29.3 Å². The van der Waals surface area contributed by atoms with Gasteiger partial charge < -0.3 is 10.4 Å². The molecule has 0 amide bonds. The van der Waals surface area contributed by atoms with Crippen molar-refractivity contribution >= 4 is 17.3 Å². The average molecular weight is 257 g/mol. The minimum absolute atomic E-state index is 0.116. The van der Waals surface area contributed by atoms with Gasteiger partial charge in [-0.15, -0.1) is 6.58 Å². The molecule has 0 saturated heterocycles. The van der Waals surface area contributed by atoms with E-state index in [0.29, 0.717) is 12.1 Å². The van der Waals surface area contributed by atoms with Gasteiger partial charge in [0.05, 0.1) is 5.57 Å².